The first-order valence-corrected chi connectivity index (χ1v) is 12.2. The first-order chi connectivity index (χ1) is 16.8. The van der Waals surface area contributed by atoms with Crippen molar-refractivity contribution in [3.63, 3.8) is 0 Å². The van der Waals surface area contributed by atoms with Crippen LogP contribution in [0.25, 0.3) is 5.70 Å². The molecule has 0 bridgehead atoms. The van der Waals surface area contributed by atoms with Gasteiger partial charge >= 0.3 is 0 Å². The van der Waals surface area contributed by atoms with E-state index in [4.69, 9.17) is 4.99 Å². The summed E-state index contributed by atoms with van der Waals surface area (Å²) in [6.07, 6.45) is 0. The second-order valence-corrected chi connectivity index (χ2v) is 9.19. The maximum Gasteiger partial charge on any atom is 0.196 e. The molecule has 1 atom stereocenters. The highest BCUT2D eigenvalue weighted by Gasteiger charge is 2.56. The van der Waals surface area contributed by atoms with E-state index in [1.54, 1.807) is 11.8 Å². The van der Waals surface area contributed by atoms with Crippen molar-refractivity contribution in [2.75, 3.05) is 0 Å². The summed E-state index contributed by atoms with van der Waals surface area (Å²) >= 11 is 1.58. The van der Waals surface area contributed by atoms with E-state index in [2.05, 4.69) is 46.7 Å². The minimum absolute atomic E-state index is 0.0455. The lowest BCUT2D eigenvalue weighted by atomic mass is 9.73. The van der Waals surface area contributed by atoms with E-state index in [1.807, 2.05) is 84.9 Å². The summed E-state index contributed by atoms with van der Waals surface area (Å²) in [6.45, 7) is 0. The van der Waals surface area contributed by atoms with E-state index in [-0.39, 0.29) is 5.78 Å². The highest BCUT2D eigenvalue weighted by molar-refractivity contribution is 8.16. The zero-order valence-corrected chi connectivity index (χ0v) is 19.2. The van der Waals surface area contributed by atoms with Crippen molar-refractivity contribution in [1.82, 2.24) is 4.90 Å². The van der Waals surface area contributed by atoms with Crippen LogP contribution in [0.2, 0.25) is 0 Å². The number of aliphatic imine (C=N–C) groups is 1. The third kappa shape index (κ3) is 3.14. The molecule has 4 heteroatoms. The summed E-state index contributed by atoms with van der Waals surface area (Å²) < 4.78 is 0. The molecule has 0 spiro atoms. The molecule has 2 aliphatic heterocycles. The zero-order valence-electron chi connectivity index (χ0n) is 18.4. The van der Waals surface area contributed by atoms with Crippen LogP contribution in [0.5, 0.6) is 0 Å². The lowest BCUT2D eigenvalue weighted by Gasteiger charge is -2.47. The van der Waals surface area contributed by atoms with Crippen LogP contribution in [0.15, 0.2) is 132 Å². The monoisotopic (exact) mass is 458 g/mol. The number of rotatable bonds is 4. The van der Waals surface area contributed by atoms with Gasteiger partial charge in [-0.25, -0.2) is 4.99 Å². The standard InChI is InChI=1S/C30H22N2OS/c33-28-27(23-15-7-2-8-16-23)31-29-32(26(21-34-29)22-13-5-1-6-14-22)30(28,24-17-9-3-10-18-24)25-19-11-4-12-20-25/h1-21,27H. The smallest absolute Gasteiger partial charge is 0.196 e. The maximum atomic E-state index is 14.8. The molecule has 4 aromatic rings. The van der Waals surface area contributed by atoms with Crippen LogP contribution < -0.4 is 0 Å². The maximum absolute atomic E-state index is 14.8. The molecule has 0 saturated carbocycles. The SMILES string of the molecule is O=C1C(c2ccccc2)N=C2SC=C(c3ccccc3)N2C1(c1ccccc1)c1ccccc1. The van der Waals surface area contributed by atoms with E-state index >= 15 is 0 Å². The van der Waals surface area contributed by atoms with Crippen LogP contribution in [0.4, 0.5) is 0 Å². The van der Waals surface area contributed by atoms with E-state index in [0.717, 1.165) is 33.1 Å². The number of nitrogens with zero attached hydrogens (tertiary/aromatic N) is 2. The minimum atomic E-state index is -1.05. The van der Waals surface area contributed by atoms with Gasteiger partial charge < -0.3 is 0 Å². The Bertz CT molecular complexity index is 1340. The highest BCUT2D eigenvalue weighted by atomic mass is 32.2. The van der Waals surface area contributed by atoms with Crippen LogP contribution in [-0.2, 0) is 10.3 Å². The fourth-order valence-corrected chi connectivity index (χ4v) is 5.91. The van der Waals surface area contributed by atoms with Crippen molar-refractivity contribution in [3.05, 3.63) is 149 Å². The van der Waals surface area contributed by atoms with Gasteiger partial charge in [-0.2, -0.15) is 0 Å². The van der Waals surface area contributed by atoms with Crippen LogP contribution in [-0.4, -0.2) is 15.9 Å². The van der Waals surface area contributed by atoms with E-state index in [0.29, 0.717) is 0 Å². The van der Waals surface area contributed by atoms with Gasteiger partial charge in [-0.15, -0.1) is 0 Å². The first kappa shape index (κ1) is 20.7. The Balaban J connectivity index is 1.67. The summed E-state index contributed by atoms with van der Waals surface area (Å²) in [7, 11) is 0. The van der Waals surface area contributed by atoms with Crippen LogP contribution in [0.3, 0.4) is 0 Å². The summed E-state index contributed by atoms with van der Waals surface area (Å²) in [5.74, 6) is 0.0455. The van der Waals surface area contributed by atoms with Crippen molar-refractivity contribution in [3.8, 4) is 0 Å². The Kier molecular flexibility index (Phi) is 5.16. The summed E-state index contributed by atoms with van der Waals surface area (Å²) in [5.41, 5.74) is 3.77. The molecule has 164 valence electrons. The van der Waals surface area contributed by atoms with E-state index in [1.165, 1.54) is 0 Å². The number of fused-ring (bicyclic) bond motifs is 1. The normalized spacial score (nSPS) is 18.8. The van der Waals surface area contributed by atoms with Gasteiger partial charge in [0.1, 0.15) is 6.04 Å². The van der Waals surface area contributed by atoms with Gasteiger partial charge in [0, 0.05) is 5.41 Å². The highest BCUT2D eigenvalue weighted by Crippen LogP contribution is 2.52. The van der Waals surface area contributed by atoms with E-state index < -0.39 is 11.6 Å². The molecule has 0 fully saturated rings. The van der Waals surface area contributed by atoms with Crippen LogP contribution >= 0.6 is 11.8 Å². The van der Waals surface area contributed by atoms with Gasteiger partial charge in [-0.3, -0.25) is 9.69 Å². The molecular formula is C30H22N2OS. The average Bonchev–Trinajstić information content (AvgIpc) is 3.35. The molecule has 0 saturated heterocycles. The number of amidine groups is 1. The Morgan fingerprint density at radius 2 is 1.18 bits per heavy atom. The third-order valence-corrected chi connectivity index (χ3v) is 7.30. The number of carbonyl (C=O) groups excluding carboxylic acids is 1. The summed E-state index contributed by atoms with van der Waals surface area (Å²) in [6, 6.07) is 39.8. The number of benzene rings is 4. The fourth-order valence-electron chi connectivity index (χ4n) is 4.94. The molecule has 0 amide bonds. The Hall–Kier alpha value is -3.89. The minimum Gasteiger partial charge on any atom is -0.298 e. The van der Waals surface area contributed by atoms with Gasteiger partial charge in [-0.1, -0.05) is 133 Å². The van der Waals surface area contributed by atoms with Crippen molar-refractivity contribution in [2.45, 2.75) is 11.6 Å². The molecule has 4 aromatic carbocycles. The molecule has 1 unspecified atom stereocenters. The molecule has 0 aromatic heterocycles. The molecule has 3 nitrogen and oxygen atoms in total. The molecule has 2 aliphatic rings. The van der Waals surface area contributed by atoms with Gasteiger partial charge in [0.15, 0.2) is 16.5 Å². The topological polar surface area (TPSA) is 32.7 Å². The first-order valence-electron chi connectivity index (χ1n) is 11.3. The molecule has 6 rings (SSSR count). The quantitative estimate of drug-likeness (QED) is 0.343. The Morgan fingerprint density at radius 3 is 1.74 bits per heavy atom. The number of carbonyl (C=O) groups is 1. The van der Waals surface area contributed by atoms with Gasteiger partial charge in [-0.05, 0) is 22.3 Å². The van der Waals surface area contributed by atoms with Crippen LogP contribution in [0, 0.1) is 0 Å². The second kappa shape index (κ2) is 8.47. The van der Waals surface area contributed by atoms with E-state index in [9.17, 15) is 4.79 Å². The second-order valence-electron chi connectivity index (χ2n) is 8.35. The largest absolute Gasteiger partial charge is 0.298 e. The number of thioether (sulfide) groups is 1. The zero-order chi connectivity index (χ0) is 23.0. The van der Waals surface area contributed by atoms with Gasteiger partial charge in [0.05, 0.1) is 5.70 Å². The Morgan fingerprint density at radius 1 is 0.676 bits per heavy atom. The molecular weight excluding hydrogens is 436 g/mol. The molecule has 0 radical (unpaired) electrons. The third-order valence-electron chi connectivity index (χ3n) is 6.46. The lowest BCUT2D eigenvalue weighted by Crippen LogP contribution is -2.56. The summed E-state index contributed by atoms with van der Waals surface area (Å²) in [4.78, 5) is 22.0. The average molecular weight is 459 g/mol. The summed E-state index contributed by atoms with van der Waals surface area (Å²) in [5, 5.41) is 2.95. The molecule has 0 aliphatic carbocycles. The Labute approximate surface area is 203 Å². The predicted molar refractivity (Wildman–Crippen MR) is 139 cm³/mol. The van der Waals surface area contributed by atoms with Crippen LogP contribution in [0.1, 0.15) is 28.3 Å². The molecule has 2 heterocycles. The number of Topliss-reactive ketones (excluding diaryl/α,β-unsaturated/α-hetero) is 1. The van der Waals surface area contributed by atoms with Crippen molar-refractivity contribution in [1.29, 1.82) is 0 Å². The van der Waals surface area contributed by atoms with Gasteiger partial charge in [0.25, 0.3) is 0 Å². The van der Waals surface area contributed by atoms with Crippen molar-refractivity contribution in [2.24, 2.45) is 4.99 Å². The number of hydrogen-bond acceptors (Lipinski definition) is 4. The molecule has 34 heavy (non-hydrogen) atoms. The fraction of sp³-hybridized carbons (Fsp3) is 0.0667. The van der Waals surface area contributed by atoms with Crippen molar-refractivity contribution >= 4 is 28.4 Å². The predicted octanol–water partition coefficient (Wildman–Crippen LogP) is 6.66. The van der Waals surface area contributed by atoms with Gasteiger partial charge in [0.2, 0.25) is 0 Å². The molecule has 0 N–H and O–H groups in total. The van der Waals surface area contributed by atoms with Crippen molar-refractivity contribution < 1.29 is 4.79 Å². The number of hydrogen-bond donors (Lipinski definition) is 0. The lowest BCUT2D eigenvalue weighted by molar-refractivity contribution is -0.128. The number of ketones is 1.